The van der Waals surface area contributed by atoms with E-state index in [0.29, 0.717) is 19.4 Å². The SMILES string of the molecule is CCNC(=O)COCCOCCNC(=O)COCCOCCNC(=O)CC(CC(=O)OC(C)(C)C)NC(=O)CC[C@H](NC(=O)CCCCCCCCCCCCCCCCC(=O)OC(C)(C)C)C(=O)OC(C)(C)C. The van der Waals surface area contributed by atoms with Crippen molar-refractivity contribution in [2.75, 3.05) is 72.5 Å². The normalized spacial score (nSPS) is 12.5. The Balaban J connectivity index is 4.65. The van der Waals surface area contributed by atoms with Crippen LogP contribution in [0, 0.1) is 0 Å². The smallest absolute Gasteiger partial charge is 0.329 e. The molecule has 74 heavy (non-hydrogen) atoms. The van der Waals surface area contributed by atoms with Crippen LogP contribution < -0.4 is 26.6 Å². The predicted octanol–water partition coefficient (Wildman–Crippen LogP) is 6.22. The zero-order chi connectivity index (χ0) is 55.7. The number of rotatable bonds is 44. The van der Waals surface area contributed by atoms with Crippen molar-refractivity contribution in [3.63, 3.8) is 0 Å². The molecule has 0 aliphatic heterocycles. The molecule has 20 nitrogen and oxygen atoms in total. The molecule has 0 aliphatic rings. The molecule has 0 fully saturated rings. The lowest BCUT2D eigenvalue weighted by molar-refractivity contribution is -0.159. The van der Waals surface area contributed by atoms with Crippen LogP contribution >= 0.6 is 0 Å². The molecule has 2 atom stereocenters. The second-order valence-corrected chi connectivity index (χ2v) is 21.5. The first-order chi connectivity index (χ1) is 34.9. The van der Waals surface area contributed by atoms with Gasteiger partial charge in [-0.15, -0.1) is 0 Å². The van der Waals surface area contributed by atoms with Crippen molar-refractivity contribution in [1.29, 1.82) is 0 Å². The summed E-state index contributed by atoms with van der Waals surface area (Å²) in [4.78, 5) is 100. The highest BCUT2D eigenvalue weighted by molar-refractivity contribution is 5.86. The molecular weight excluding hydrogens is 959 g/mol. The summed E-state index contributed by atoms with van der Waals surface area (Å²) >= 11 is 0. The molecule has 5 N–H and O–H groups in total. The monoisotopic (exact) mass is 1060 g/mol. The quantitative estimate of drug-likeness (QED) is 0.0258. The number of ether oxygens (including phenoxy) is 7. The number of hydrogen-bond acceptors (Lipinski definition) is 15. The topological polar surface area (TPSA) is 261 Å². The van der Waals surface area contributed by atoms with Gasteiger partial charge in [0, 0.05) is 51.4 Å². The first kappa shape index (κ1) is 69.6. The number of amides is 5. The largest absolute Gasteiger partial charge is 0.460 e. The third-order valence-electron chi connectivity index (χ3n) is 10.5. The van der Waals surface area contributed by atoms with Crippen LogP contribution in [-0.2, 0) is 71.5 Å². The van der Waals surface area contributed by atoms with Crippen LogP contribution in [-0.4, -0.2) is 149 Å². The van der Waals surface area contributed by atoms with Crippen LogP contribution in [0.1, 0.15) is 198 Å². The van der Waals surface area contributed by atoms with E-state index >= 15 is 0 Å². The van der Waals surface area contributed by atoms with Crippen LogP contribution in [0.2, 0.25) is 0 Å². The van der Waals surface area contributed by atoms with Gasteiger partial charge in [0.15, 0.2) is 0 Å². The number of carbonyl (C=O) groups excluding carboxylic acids is 8. The maximum atomic E-state index is 13.3. The third kappa shape index (κ3) is 47.3. The number of unbranched alkanes of at least 4 members (excludes halogenated alkanes) is 13. The molecular formula is C54H99N5O15. The molecule has 0 bridgehead atoms. The van der Waals surface area contributed by atoms with Crippen molar-refractivity contribution in [3.05, 3.63) is 0 Å². The van der Waals surface area contributed by atoms with Gasteiger partial charge in [-0.05, 0) is 88.5 Å². The molecule has 20 heteroatoms. The van der Waals surface area contributed by atoms with Crippen LogP contribution in [0.15, 0.2) is 0 Å². The lowest BCUT2D eigenvalue weighted by Gasteiger charge is -2.25. The minimum atomic E-state index is -1.08. The highest BCUT2D eigenvalue weighted by Crippen LogP contribution is 2.17. The van der Waals surface area contributed by atoms with E-state index in [4.69, 9.17) is 33.2 Å². The van der Waals surface area contributed by atoms with Crippen LogP contribution in [0.5, 0.6) is 0 Å². The summed E-state index contributed by atoms with van der Waals surface area (Å²) in [6.07, 6.45) is 15.2. The Morgan fingerprint density at radius 1 is 0.392 bits per heavy atom. The maximum absolute atomic E-state index is 13.3. The Morgan fingerprint density at radius 3 is 1.27 bits per heavy atom. The van der Waals surface area contributed by atoms with E-state index in [0.717, 1.165) is 44.9 Å². The molecule has 0 radical (unpaired) electrons. The Kier molecular flexibility index (Phi) is 39.3. The van der Waals surface area contributed by atoms with Crippen molar-refractivity contribution in [3.8, 4) is 0 Å². The molecule has 0 heterocycles. The van der Waals surface area contributed by atoms with Crippen LogP contribution in [0.4, 0.5) is 0 Å². The molecule has 0 rings (SSSR count). The average Bonchev–Trinajstić information content (AvgIpc) is 3.27. The molecule has 0 aromatic carbocycles. The van der Waals surface area contributed by atoms with Crippen molar-refractivity contribution >= 4 is 47.4 Å². The Labute approximate surface area is 443 Å². The fourth-order valence-electron chi connectivity index (χ4n) is 7.18. The molecule has 0 aliphatic carbocycles. The second-order valence-electron chi connectivity index (χ2n) is 21.5. The summed E-state index contributed by atoms with van der Waals surface area (Å²) in [5, 5.41) is 13.5. The average molecular weight is 1060 g/mol. The third-order valence-corrected chi connectivity index (χ3v) is 10.5. The molecule has 1 unspecified atom stereocenters. The van der Waals surface area contributed by atoms with Crippen molar-refractivity contribution in [2.45, 2.75) is 227 Å². The summed E-state index contributed by atoms with van der Waals surface area (Å²) in [7, 11) is 0. The summed E-state index contributed by atoms with van der Waals surface area (Å²) in [5.41, 5.74) is -2.05. The fourth-order valence-corrected chi connectivity index (χ4v) is 7.18. The van der Waals surface area contributed by atoms with Crippen molar-refractivity contribution in [2.24, 2.45) is 0 Å². The van der Waals surface area contributed by atoms with E-state index in [9.17, 15) is 38.4 Å². The Hall–Kier alpha value is -4.40. The Morgan fingerprint density at radius 2 is 0.797 bits per heavy atom. The highest BCUT2D eigenvalue weighted by atomic mass is 16.6. The molecule has 430 valence electrons. The first-order valence-electron chi connectivity index (χ1n) is 27.3. The molecule has 5 amide bonds. The lowest BCUT2D eigenvalue weighted by Crippen LogP contribution is -2.46. The van der Waals surface area contributed by atoms with Gasteiger partial charge in [-0.3, -0.25) is 33.6 Å². The minimum absolute atomic E-state index is 0.0364. The molecule has 0 aromatic rings. The van der Waals surface area contributed by atoms with Gasteiger partial charge in [-0.25, -0.2) is 4.79 Å². The zero-order valence-electron chi connectivity index (χ0n) is 47.2. The molecule has 0 aromatic heterocycles. The molecule has 0 saturated carbocycles. The van der Waals surface area contributed by atoms with Crippen molar-refractivity contribution in [1.82, 2.24) is 26.6 Å². The lowest BCUT2D eigenvalue weighted by atomic mass is 10.0. The summed E-state index contributed by atoms with van der Waals surface area (Å²) in [6, 6.07) is -2.01. The van der Waals surface area contributed by atoms with Gasteiger partial charge >= 0.3 is 17.9 Å². The van der Waals surface area contributed by atoms with E-state index < -0.39 is 52.6 Å². The van der Waals surface area contributed by atoms with E-state index in [-0.39, 0.29) is 122 Å². The van der Waals surface area contributed by atoms with Gasteiger partial charge in [-0.2, -0.15) is 0 Å². The minimum Gasteiger partial charge on any atom is -0.460 e. The van der Waals surface area contributed by atoms with Gasteiger partial charge in [0.05, 0.1) is 46.1 Å². The van der Waals surface area contributed by atoms with E-state index in [1.165, 1.54) is 38.5 Å². The number of esters is 3. The first-order valence-corrected chi connectivity index (χ1v) is 27.3. The number of likely N-dealkylation sites (N-methyl/N-ethyl adjacent to an activating group) is 1. The van der Waals surface area contributed by atoms with Crippen LogP contribution in [0.3, 0.4) is 0 Å². The van der Waals surface area contributed by atoms with Gasteiger partial charge in [0.1, 0.15) is 36.1 Å². The summed E-state index contributed by atoms with van der Waals surface area (Å²) in [6.45, 7) is 19.7. The Bertz CT molecular complexity index is 1590. The van der Waals surface area contributed by atoms with Crippen LogP contribution in [0.25, 0.3) is 0 Å². The molecule has 0 saturated heterocycles. The molecule has 0 spiro atoms. The van der Waals surface area contributed by atoms with Gasteiger partial charge in [0.2, 0.25) is 29.5 Å². The second kappa shape index (κ2) is 41.8. The predicted molar refractivity (Wildman–Crippen MR) is 282 cm³/mol. The van der Waals surface area contributed by atoms with E-state index in [2.05, 4.69) is 26.6 Å². The highest BCUT2D eigenvalue weighted by Gasteiger charge is 2.29. The summed E-state index contributed by atoms with van der Waals surface area (Å²) in [5.74, 6) is -3.19. The standard InChI is InChI=1S/C54H99N5O15/c1-11-55-47(63)40-70-36-34-69-33-31-57-48(64)41-71-37-35-68-32-30-56-46(62)38-42(39-50(66)73-53(5,6)7)58-45(61)29-28-43(51(67)74-54(8,9)10)59-44(60)26-24-22-20-18-16-14-12-13-15-17-19-21-23-25-27-49(65)72-52(2,3)4/h42-43H,11-41H2,1-10H3,(H,55,63)(H,56,62)(H,57,64)(H,58,61)(H,59,60)/t42?,43-/m0/s1. The van der Waals surface area contributed by atoms with E-state index in [1.807, 2.05) is 27.7 Å². The van der Waals surface area contributed by atoms with Crippen molar-refractivity contribution < 1.29 is 71.5 Å². The van der Waals surface area contributed by atoms with E-state index in [1.54, 1.807) is 41.5 Å². The maximum Gasteiger partial charge on any atom is 0.329 e. The fraction of sp³-hybridized carbons (Fsp3) is 0.852. The zero-order valence-corrected chi connectivity index (χ0v) is 47.2. The number of hydrogen-bond donors (Lipinski definition) is 5. The van der Waals surface area contributed by atoms with Gasteiger partial charge in [-0.1, -0.05) is 77.0 Å². The summed E-state index contributed by atoms with van der Waals surface area (Å²) < 4.78 is 37.7. The van der Waals surface area contributed by atoms with Gasteiger partial charge < -0.3 is 59.7 Å². The van der Waals surface area contributed by atoms with Gasteiger partial charge in [0.25, 0.3) is 0 Å². The number of carbonyl (C=O) groups is 8. The number of nitrogens with one attached hydrogen (secondary N) is 5.